The number of aromatic nitrogens is 5. The number of fused-ring (bicyclic) bond motifs is 1. The summed E-state index contributed by atoms with van der Waals surface area (Å²) in [4.78, 5) is 4.41. The minimum absolute atomic E-state index is 0.0112. The third kappa shape index (κ3) is 3.49. The zero-order chi connectivity index (χ0) is 18.8. The molecule has 0 aliphatic heterocycles. The number of aliphatic hydroxyl groups excluding tert-OH is 1. The molecule has 138 valence electrons. The van der Waals surface area contributed by atoms with Crippen LogP contribution in [0.4, 0.5) is 8.78 Å². The molecule has 0 saturated carbocycles. The van der Waals surface area contributed by atoms with Gasteiger partial charge in [0, 0.05) is 35.2 Å². The van der Waals surface area contributed by atoms with Crippen LogP contribution in [0.25, 0.3) is 16.8 Å². The second-order valence-electron chi connectivity index (χ2n) is 5.83. The van der Waals surface area contributed by atoms with Crippen molar-refractivity contribution < 1.29 is 18.6 Å². The number of hydrogen-bond donors (Lipinski definition) is 1. The quantitative estimate of drug-likeness (QED) is 0.563. The van der Waals surface area contributed by atoms with E-state index in [1.54, 1.807) is 40.1 Å². The molecule has 1 aromatic carbocycles. The molecule has 0 radical (unpaired) electrons. The number of halogens is 2. The number of hydrogen-bond acceptors (Lipinski definition) is 5. The molecule has 0 amide bonds. The Morgan fingerprint density at radius 3 is 2.85 bits per heavy atom. The lowest BCUT2D eigenvalue weighted by Crippen LogP contribution is -2.02. The minimum Gasteiger partial charge on any atom is -0.473 e. The molecule has 4 aromatic rings. The molecule has 0 saturated heterocycles. The number of aliphatic hydroxyl groups is 1. The lowest BCUT2D eigenvalue weighted by molar-refractivity contribution is 0.269. The van der Waals surface area contributed by atoms with E-state index in [1.165, 1.54) is 0 Å². The topological polar surface area (TPSA) is 77.5 Å². The van der Waals surface area contributed by atoms with Crippen LogP contribution in [0.3, 0.4) is 0 Å². The first-order chi connectivity index (χ1) is 13.1. The average Bonchev–Trinajstić information content (AvgIpc) is 3.29. The van der Waals surface area contributed by atoms with Crippen LogP contribution in [0.1, 0.15) is 5.56 Å². The minimum atomic E-state index is -0.543. The summed E-state index contributed by atoms with van der Waals surface area (Å²) < 4.78 is 35.7. The molecular formula is C18H15F2N5O2. The van der Waals surface area contributed by atoms with E-state index < -0.39 is 11.6 Å². The fourth-order valence-corrected chi connectivity index (χ4v) is 2.67. The normalized spacial score (nSPS) is 11.2. The van der Waals surface area contributed by atoms with Crippen LogP contribution < -0.4 is 4.74 Å². The molecule has 1 N–H and O–H groups in total. The van der Waals surface area contributed by atoms with Gasteiger partial charge in [0.1, 0.15) is 18.2 Å². The summed E-state index contributed by atoms with van der Waals surface area (Å²) in [6.07, 6.45) is 6.76. The van der Waals surface area contributed by atoms with Crippen LogP contribution in [0.2, 0.25) is 0 Å². The van der Waals surface area contributed by atoms with E-state index in [0.29, 0.717) is 12.2 Å². The van der Waals surface area contributed by atoms with Gasteiger partial charge in [-0.25, -0.2) is 13.3 Å². The Hall–Kier alpha value is -3.33. The molecule has 0 spiro atoms. The smallest absolute Gasteiger partial charge is 0.217 e. The Kier molecular flexibility index (Phi) is 4.51. The molecule has 27 heavy (non-hydrogen) atoms. The molecule has 0 aliphatic rings. The zero-order valence-corrected chi connectivity index (χ0v) is 14.1. The Bertz CT molecular complexity index is 1090. The Balaban J connectivity index is 1.60. The maximum absolute atomic E-state index is 13.7. The summed E-state index contributed by atoms with van der Waals surface area (Å²) in [5.41, 5.74) is 2.17. The predicted molar refractivity (Wildman–Crippen MR) is 92.0 cm³/mol. The van der Waals surface area contributed by atoms with Crippen LogP contribution in [0.15, 0.2) is 49.1 Å². The van der Waals surface area contributed by atoms with Gasteiger partial charge in [0.25, 0.3) is 0 Å². The van der Waals surface area contributed by atoms with Gasteiger partial charge < -0.3 is 9.84 Å². The Labute approximate surface area is 152 Å². The molecule has 0 bridgehead atoms. The van der Waals surface area contributed by atoms with Gasteiger partial charge in [-0.1, -0.05) is 0 Å². The van der Waals surface area contributed by atoms with Gasteiger partial charge in [-0.2, -0.15) is 15.2 Å². The van der Waals surface area contributed by atoms with Crippen molar-refractivity contribution in [2.75, 3.05) is 6.61 Å². The summed E-state index contributed by atoms with van der Waals surface area (Å²) in [5.74, 6) is -0.814. The van der Waals surface area contributed by atoms with Crippen LogP contribution in [-0.4, -0.2) is 36.1 Å². The van der Waals surface area contributed by atoms with Crippen molar-refractivity contribution in [3.8, 4) is 17.0 Å². The largest absolute Gasteiger partial charge is 0.473 e. The summed E-state index contributed by atoms with van der Waals surface area (Å²) in [6.45, 7) is 0.230. The lowest BCUT2D eigenvalue weighted by atomic mass is 10.2. The van der Waals surface area contributed by atoms with Gasteiger partial charge in [0.15, 0.2) is 5.65 Å². The third-order valence-corrected chi connectivity index (χ3v) is 4.00. The standard InChI is InChI=1S/C18H15F2N5O2/c19-14-1-2-16(20)12(7-14)11-27-17-3-4-25-18(23-17)15(9-22-25)13-8-21-24(10-13)5-6-26/h1-4,7-10,26H,5-6,11H2. The first-order valence-corrected chi connectivity index (χ1v) is 8.19. The van der Waals surface area contributed by atoms with E-state index >= 15 is 0 Å². The van der Waals surface area contributed by atoms with Crippen molar-refractivity contribution in [2.24, 2.45) is 0 Å². The van der Waals surface area contributed by atoms with Gasteiger partial charge in [-0.15, -0.1) is 0 Å². The molecular weight excluding hydrogens is 356 g/mol. The third-order valence-electron chi connectivity index (χ3n) is 4.00. The number of nitrogens with zero attached hydrogens (tertiary/aromatic N) is 5. The molecule has 0 aliphatic carbocycles. The molecule has 9 heteroatoms. The highest BCUT2D eigenvalue weighted by molar-refractivity contribution is 5.76. The van der Waals surface area contributed by atoms with Crippen molar-refractivity contribution >= 4 is 5.65 Å². The monoisotopic (exact) mass is 371 g/mol. The van der Waals surface area contributed by atoms with Gasteiger partial charge in [0.2, 0.25) is 5.88 Å². The highest BCUT2D eigenvalue weighted by Crippen LogP contribution is 2.24. The van der Waals surface area contributed by atoms with Crippen LogP contribution in [-0.2, 0) is 13.2 Å². The highest BCUT2D eigenvalue weighted by atomic mass is 19.1. The molecule has 0 atom stereocenters. The first kappa shape index (κ1) is 17.1. The van der Waals surface area contributed by atoms with Gasteiger partial charge in [-0.3, -0.25) is 4.68 Å². The highest BCUT2D eigenvalue weighted by Gasteiger charge is 2.12. The van der Waals surface area contributed by atoms with E-state index in [-0.39, 0.29) is 24.7 Å². The SMILES string of the molecule is OCCn1cc(-c2cnn3ccc(OCc4cc(F)ccc4F)nc23)cn1. The fourth-order valence-electron chi connectivity index (χ4n) is 2.67. The lowest BCUT2D eigenvalue weighted by Gasteiger charge is -2.07. The van der Waals surface area contributed by atoms with Crippen LogP contribution in [0, 0.1) is 11.6 Å². The van der Waals surface area contributed by atoms with E-state index in [9.17, 15) is 8.78 Å². The first-order valence-electron chi connectivity index (χ1n) is 8.19. The van der Waals surface area contributed by atoms with Crippen molar-refractivity contribution in [3.05, 3.63) is 66.3 Å². The number of rotatable bonds is 6. The summed E-state index contributed by atoms with van der Waals surface area (Å²) in [5, 5.41) is 17.4. The van der Waals surface area contributed by atoms with E-state index in [2.05, 4.69) is 15.2 Å². The van der Waals surface area contributed by atoms with Crippen molar-refractivity contribution in [1.29, 1.82) is 0 Å². The van der Waals surface area contributed by atoms with Gasteiger partial charge >= 0.3 is 0 Å². The molecule has 4 rings (SSSR count). The molecule has 7 nitrogen and oxygen atoms in total. The zero-order valence-electron chi connectivity index (χ0n) is 14.1. The number of ether oxygens (including phenoxy) is 1. The van der Waals surface area contributed by atoms with E-state index in [4.69, 9.17) is 9.84 Å². The maximum atomic E-state index is 13.7. The fraction of sp³-hybridized carbons (Fsp3) is 0.167. The summed E-state index contributed by atoms with van der Waals surface area (Å²) in [6, 6.07) is 4.80. The average molecular weight is 371 g/mol. The van der Waals surface area contributed by atoms with E-state index in [0.717, 1.165) is 29.3 Å². The predicted octanol–water partition coefficient (Wildman–Crippen LogP) is 2.44. The van der Waals surface area contributed by atoms with Crippen LogP contribution >= 0.6 is 0 Å². The second kappa shape index (κ2) is 7.12. The Morgan fingerprint density at radius 2 is 2.00 bits per heavy atom. The van der Waals surface area contributed by atoms with Crippen LogP contribution in [0.5, 0.6) is 5.88 Å². The molecule has 0 unspecified atom stereocenters. The summed E-state index contributed by atoms with van der Waals surface area (Å²) in [7, 11) is 0. The van der Waals surface area contributed by atoms with Crippen molar-refractivity contribution in [3.63, 3.8) is 0 Å². The molecule has 0 fully saturated rings. The van der Waals surface area contributed by atoms with Crippen molar-refractivity contribution in [1.82, 2.24) is 24.4 Å². The van der Waals surface area contributed by atoms with Gasteiger partial charge in [-0.05, 0) is 18.2 Å². The molecule has 3 aromatic heterocycles. The van der Waals surface area contributed by atoms with E-state index in [1.807, 2.05) is 0 Å². The summed E-state index contributed by atoms with van der Waals surface area (Å²) >= 11 is 0. The maximum Gasteiger partial charge on any atom is 0.217 e. The Morgan fingerprint density at radius 1 is 1.11 bits per heavy atom. The number of benzene rings is 1. The second-order valence-corrected chi connectivity index (χ2v) is 5.83. The van der Waals surface area contributed by atoms with Gasteiger partial charge in [0.05, 0.1) is 25.5 Å². The molecule has 3 heterocycles. The van der Waals surface area contributed by atoms with Crippen molar-refractivity contribution in [2.45, 2.75) is 13.2 Å².